The van der Waals surface area contributed by atoms with Crippen LogP contribution >= 0.6 is 0 Å². The third kappa shape index (κ3) is 6.13. The van der Waals surface area contributed by atoms with E-state index in [1.165, 1.54) is 0 Å². The van der Waals surface area contributed by atoms with Crippen molar-refractivity contribution in [1.29, 1.82) is 0 Å². The lowest BCUT2D eigenvalue weighted by atomic mass is 9.89. The molecule has 2 N–H and O–H groups in total. The van der Waals surface area contributed by atoms with Crippen LogP contribution in [0.25, 0.3) is 0 Å². The summed E-state index contributed by atoms with van der Waals surface area (Å²) in [6, 6.07) is 0.312. The molecule has 0 radical (unpaired) electrons. The van der Waals surface area contributed by atoms with Gasteiger partial charge in [-0.2, -0.15) is 0 Å². The van der Waals surface area contributed by atoms with Crippen LogP contribution in [0.4, 0.5) is 0 Å². The Morgan fingerprint density at radius 2 is 1.80 bits per heavy atom. The minimum atomic E-state index is -0.324. The van der Waals surface area contributed by atoms with E-state index in [9.17, 15) is 5.11 Å². The molecular formula is C12H27NO2. The van der Waals surface area contributed by atoms with Gasteiger partial charge in [-0.15, -0.1) is 0 Å². The van der Waals surface area contributed by atoms with Gasteiger partial charge in [0, 0.05) is 19.7 Å². The summed E-state index contributed by atoms with van der Waals surface area (Å²) in [5.41, 5.74) is -0.0679. The summed E-state index contributed by atoms with van der Waals surface area (Å²) < 4.78 is 5.14. The highest BCUT2D eigenvalue weighted by Crippen LogP contribution is 2.18. The predicted molar refractivity (Wildman–Crippen MR) is 64.0 cm³/mol. The Labute approximate surface area is 94.2 Å². The van der Waals surface area contributed by atoms with E-state index in [1.54, 1.807) is 7.11 Å². The maximum atomic E-state index is 9.88. The first-order valence-corrected chi connectivity index (χ1v) is 5.69. The molecule has 0 spiro atoms. The standard InChI is InChI=1S/C12H27NO2/c1-9(2)10(8-15-6)13-7-11(14)12(3,4)5/h9-11,13-14H,7-8H2,1-6H3. The lowest BCUT2D eigenvalue weighted by Crippen LogP contribution is -2.45. The number of hydrogen-bond acceptors (Lipinski definition) is 3. The fraction of sp³-hybridized carbons (Fsp3) is 1.00. The molecule has 0 saturated heterocycles. The molecule has 0 rings (SSSR count). The van der Waals surface area contributed by atoms with Gasteiger partial charge in [0.15, 0.2) is 0 Å². The van der Waals surface area contributed by atoms with Crippen molar-refractivity contribution in [3.63, 3.8) is 0 Å². The molecule has 0 bridgehead atoms. The lowest BCUT2D eigenvalue weighted by molar-refractivity contribution is 0.0528. The average molecular weight is 217 g/mol. The molecule has 0 amide bonds. The van der Waals surface area contributed by atoms with Gasteiger partial charge in [0.25, 0.3) is 0 Å². The fourth-order valence-corrected chi connectivity index (χ4v) is 1.24. The molecule has 0 fully saturated rings. The Morgan fingerprint density at radius 3 is 2.13 bits per heavy atom. The molecule has 0 aromatic rings. The second kappa shape index (κ2) is 6.46. The van der Waals surface area contributed by atoms with Gasteiger partial charge in [0.1, 0.15) is 0 Å². The van der Waals surface area contributed by atoms with Crippen LogP contribution in [-0.2, 0) is 4.74 Å². The SMILES string of the molecule is COCC(NCC(O)C(C)(C)C)C(C)C. The van der Waals surface area contributed by atoms with Crippen molar-refractivity contribution >= 4 is 0 Å². The highest BCUT2D eigenvalue weighted by molar-refractivity contribution is 4.78. The molecule has 2 unspecified atom stereocenters. The molecule has 0 saturated carbocycles. The molecule has 3 nitrogen and oxygen atoms in total. The van der Waals surface area contributed by atoms with Gasteiger partial charge in [-0.05, 0) is 11.3 Å². The molecule has 0 aliphatic heterocycles. The van der Waals surface area contributed by atoms with Gasteiger partial charge >= 0.3 is 0 Å². The topological polar surface area (TPSA) is 41.5 Å². The van der Waals surface area contributed by atoms with Crippen molar-refractivity contribution in [2.45, 2.75) is 46.8 Å². The Hall–Kier alpha value is -0.120. The van der Waals surface area contributed by atoms with Crippen molar-refractivity contribution in [2.75, 3.05) is 20.3 Å². The number of nitrogens with one attached hydrogen (secondary N) is 1. The van der Waals surface area contributed by atoms with E-state index in [1.807, 2.05) is 20.8 Å². The Bertz CT molecular complexity index is 163. The van der Waals surface area contributed by atoms with E-state index in [0.717, 1.165) is 0 Å². The van der Waals surface area contributed by atoms with E-state index in [2.05, 4.69) is 19.2 Å². The van der Waals surface area contributed by atoms with E-state index in [-0.39, 0.29) is 11.5 Å². The Balaban J connectivity index is 3.99. The van der Waals surface area contributed by atoms with Crippen LogP contribution in [0, 0.1) is 11.3 Å². The normalized spacial score (nSPS) is 16.8. The van der Waals surface area contributed by atoms with Crippen LogP contribution in [0.15, 0.2) is 0 Å². The number of rotatable bonds is 6. The molecule has 0 aliphatic rings. The zero-order valence-corrected chi connectivity index (χ0v) is 11.0. The smallest absolute Gasteiger partial charge is 0.0712 e. The fourth-order valence-electron chi connectivity index (χ4n) is 1.24. The van der Waals surface area contributed by atoms with Crippen molar-refractivity contribution in [3.8, 4) is 0 Å². The summed E-state index contributed by atoms with van der Waals surface area (Å²) in [7, 11) is 1.71. The van der Waals surface area contributed by atoms with Gasteiger partial charge in [-0.1, -0.05) is 34.6 Å². The molecular weight excluding hydrogens is 190 g/mol. The van der Waals surface area contributed by atoms with Crippen molar-refractivity contribution < 1.29 is 9.84 Å². The average Bonchev–Trinajstić information content (AvgIpc) is 2.09. The number of methoxy groups -OCH3 is 1. The van der Waals surface area contributed by atoms with Gasteiger partial charge in [-0.3, -0.25) is 0 Å². The Kier molecular flexibility index (Phi) is 6.41. The summed E-state index contributed by atoms with van der Waals surface area (Å²) in [5, 5.41) is 13.2. The lowest BCUT2D eigenvalue weighted by Gasteiger charge is -2.29. The van der Waals surface area contributed by atoms with Gasteiger partial charge in [-0.25, -0.2) is 0 Å². The second-order valence-electron chi connectivity index (χ2n) is 5.60. The van der Waals surface area contributed by atoms with Gasteiger partial charge in [0.2, 0.25) is 0 Å². The third-order valence-corrected chi connectivity index (χ3v) is 2.72. The molecule has 92 valence electrons. The number of aliphatic hydroxyl groups excluding tert-OH is 1. The zero-order valence-electron chi connectivity index (χ0n) is 11.0. The van der Waals surface area contributed by atoms with Crippen LogP contribution < -0.4 is 5.32 Å². The van der Waals surface area contributed by atoms with Gasteiger partial charge < -0.3 is 15.2 Å². The summed E-state index contributed by atoms with van der Waals surface area (Å²) in [4.78, 5) is 0. The monoisotopic (exact) mass is 217 g/mol. The molecule has 3 heteroatoms. The first-order chi connectivity index (χ1) is 6.79. The predicted octanol–water partition coefficient (Wildman–Crippen LogP) is 1.65. The van der Waals surface area contributed by atoms with Crippen LogP contribution in [0.2, 0.25) is 0 Å². The zero-order chi connectivity index (χ0) is 12.1. The van der Waals surface area contributed by atoms with E-state index in [0.29, 0.717) is 25.1 Å². The number of ether oxygens (including phenoxy) is 1. The van der Waals surface area contributed by atoms with Crippen LogP contribution in [0.5, 0.6) is 0 Å². The summed E-state index contributed by atoms with van der Waals surface area (Å²) in [5.74, 6) is 0.511. The molecule has 0 heterocycles. The summed E-state index contributed by atoms with van der Waals surface area (Å²) in [6.07, 6.45) is -0.324. The van der Waals surface area contributed by atoms with E-state index >= 15 is 0 Å². The highest BCUT2D eigenvalue weighted by Gasteiger charge is 2.23. The number of hydrogen-bond donors (Lipinski definition) is 2. The largest absolute Gasteiger partial charge is 0.391 e. The van der Waals surface area contributed by atoms with Crippen molar-refractivity contribution in [1.82, 2.24) is 5.32 Å². The quantitative estimate of drug-likeness (QED) is 0.711. The minimum Gasteiger partial charge on any atom is -0.391 e. The molecule has 0 aromatic carbocycles. The van der Waals surface area contributed by atoms with Crippen molar-refractivity contribution in [3.05, 3.63) is 0 Å². The highest BCUT2D eigenvalue weighted by atomic mass is 16.5. The van der Waals surface area contributed by atoms with E-state index in [4.69, 9.17) is 4.74 Å². The van der Waals surface area contributed by atoms with Gasteiger partial charge in [0.05, 0.1) is 12.7 Å². The number of aliphatic hydroxyl groups is 1. The Morgan fingerprint density at radius 1 is 1.27 bits per heavy atom. The third-order valence-electron chi connectivity index (χ3n) is 2.72. The molecule has 0 aromatic heterocycles. The van der Waals surface area contributed by atoms with Crippen LogP contribution in [0.3, 0.4) is 0 Å². The van der Waals surface area contributed by atoms with E-state index < -0.39 is 0 Å². The maximum absolute atomic E-state index is 9.88. The molecule has 0 aliphatic carbocycles. The first kappa shape index (κ1) is 14.9. The second-order valence-corrected chi connectivity index (χ2v) is 5.60. The first-order valence-electron chi connectivity index (χ1n) is 5.69. The molecule has 15 heavy (non-hydrogen) atoms. The summed E-state index contributed by atoms with van der Waals surface area (Å²) >= 11 is 0. The van der Waals surface area contributed by atoms with Crippen LogP contribution in [0.1, 0.15) is 34.6 Å². The molecule has 2 atom stereocenters. The van der Waals surface area contributed by atoms with Crippen molar-refractivity contribution in [2.24, 2.45) is 11.3 Å². The summed E-state index contributed by atoms with van der Waals surface area (Å²) in [6.45, 7) is 11.7. The maximum Gasteiger partial charge on any atom is 0.0712 e. The minimum absolute atomic E-state index is 0.0679. The van der Waals surface area contributed by atoms with Crippen LogP contribution in [-0.4, -0.2) is 37.5 Å².